The number of halogens is 3. The minimum atomic E-state index is -2.87. The molecule has 0 fully saturated rings. The fourth-order valence-corrected chi connectivity index (χ4v) is 1.58. The number of hydrogen-bond donors (Lipinski definition) is 1. The summed E-state index contributed by atoms with van der Waals surface area (Å²) in [5.41, 5.74) is 5.00. The summed E-state index contributed by atoms with van der Waals surface area (Å²) in [6.07, 6.45) is -2.87. The number of alkyl halides is 3. The van der Waals surface area contributed by atoms with Crippen molar-refractivity contribution in [2.45, 2.75) is 11.8 Å². The molecule has 4 nitrogen and oxygen atoms in total. The molecule has 0 aliphatic rings. The van der Waals surface area contributed by atoms with Crippen molar-refractivity contribution in [3.8, 4) is 0 Å². The lowest BCUT2D eigenvalue weighted by Crippen LogP contribution is -2.11. The molecular formula is C9H9BrF2N2O2. The Bertz CT molecular complexity index is 413. The van der Waals surface area contributed by atoms with Crippen LogP contribution in [0.2, 0.25) is 0 Å². The van der Waals surface area contributed by atoms with Crippen LogP contribution in [0.4, 0.5) is 14.6 Å². The first-order chi connectivity index (χ1) is 7.51. The van der Waals surface area contributed by atoms with E-state index in [1.54, 1.807) is 0 Å². The normalized spacial score (nSPS) is 10.6. The van der Waals surface area contributed by atoms with E-state index in [-0.39, 0.29) is 11.4 Å². The van der Waals surface area contributed by atoms with Crippen LogP contribution in [0.5, 0.6) is 0 Å². The monoisotopic (exact) mass is 294 g/mol. The van der Waals surface area contributed by atoms with E-state index >= 15 is 0 Å². The molecule has 1 aromatic rings. The molecule has 1 rings (SSSR count). The van der Waals surface area contributed by atoms with Crippen molar-refractivity contribution in [1.29, 1.82) is 0 Å². The van der Waals surface area contributed by atoms with Gasteiger partial charge < -0.3 is 10.5 Å². The molecule has 7 heteroatoms. The highest BCUT2D eigenvalue weighted by molar-refractivity contribution is 9.08. The van der Waals surface area contributed by atoms with Gasteiger partial charge in [-0.25, -0.2) is 18.6 Å². The van der Waals surface area contributed by atoms with Gasteiger partial charge in [0.1, 0.15) is 11.5 Å². The predicted octanol–water partition coefficient (Wildman–Crippen LogP) is 2.28. The fraction of sp³-hybridized carbons (Fsp3) is 0.333. The first kappa shape index (κ1) is 12.8. The minimum absolute atomic E-state index is 0.0279. The predicted molar refractivity (Wildman–Crippen MR) is 57.6 cm³/mol. The van der Waals surface area contributed by atoms with E-state index in [0.717, 1.165) is 7.11 Å². The number of nitrogens with zero attached hydrogens (tertiary/aromatic N) is 1. The van der Waals surface area contributed by atoms with Gasteiger partial charge in [0, 0.05) is 10.9 Å². The second-order valence-electron chi connectivity index (χ2n) is 2.89. The number of nitrogen functional groups attached to an aromatic ring is 1. The van der Waals surface area contributed by atoms with E-state index in [1.807, 2.05) is 0 Å². The summed E-state index contributed by atoms with van der Waals surface area (Å²) >= 11 is 3.12. The molecule has 0 saturated heterocycles. The van der Waals surface area contributed by atoms with E-state index < -0.39 is 18.1 Å². The van der Waals surface area contributed by atoms with E-state index in [0.29, 0.717) is 10.9 Å². The Labute approximate surface area is 98.9 Å². The topological polar surface area (TPSA) is 65.2 Å². The van der Waals surface area contributed by atoms with Gasteiger partial charge in [0.05, 0.1) is 12.7 Å². The maximum Gasteiger partial charge on any atom is 0.339 e. The van der Waals surface area contributed by atoms with Gasteiger partial charge in [-0.05, 0) is 6.07 Å². The molecule has 0 atom stereocenters. The molecule has 0 aromatic carbocycles. The van der Waals surface area contributed by atoms with Crippen molar-refractivity contribution in [1.82, 2.24) is 4.98 Å². The van der Waals surface area contributed by atoms with Crippen LogP contribution in [0.15, 0.2) is 6.07 Å². The molecule has 0 unspecified atom stereocenters. The van der Waals surface area contributed by atoms with Crippen molar-refractivity contribution < 1.29 is 18.3 Å². The van der Waals surface area contributed by atoms with Crippen LogP contribution >= 0.6 is 15.9 Å². The Morgan fingerprint density at radius 1 is 1.69 bits per heavy atom. The van der Waals surface area contributed by atoms with Gasteiger partial charge in [0.2, 0.25) is 0 Å². The van der Waals surface area contributed by atoms with Gasteiger partial charge in [-0.1, -0.05) is 15.9 Å². The lowest BCUT2D eigenvalue weighted by molar-refractivity contribution is 0.0587. The average Bonchev–Trinajstić information content (AvgIpc) is 2.27. The first-order valence-electron chi connectivity index (χ1n) is 4.23. The summed E-state index contributed by atoms with van der Waals surface area (Å²) in [7, 11) is 1.11. The van der Waals surface area contributed by atoms with E-state index in [9.17, 15) is 13.6 Å². The number of pyridine rings is 1. The minimum Gasteiger partial charge on any atom is -0.465 e. The summed E-state index contributed by atoms with van der Waals surface area (Å²) in [6, 6.07) is 1.25. The Balaban J connectivity index is 3.36. The number of esters is 1. The summed E-state index contributed by atoms with van der Waals surface area (Å²) in [6.45, 7) is 0. The van der Waals surface area contributed by atoms with E-state index in [1.165, 1.54) is 6.07 Å². The summed E-state index contributed by atoms with van der Waals surface area (Å²) < 4.78 is 29.6. The van der Waals surface area contributed by atoms with Gasteiger partial charge >= 0.3 is 5.97 Å². The van der Waals surface area contributed by atoms with Crippen molar-refractivity contribution in [2.24, 2.45) is 0 Å². The second kappa shape index (κ2) is 5.20. The number of carbonyl (C=O) groups excluding carboxylic acids is 1. The fourth-order valence-electron chi connectivity index (χ4n) is 1.13. The second-order valence-corrected chi connectivity index (χ2v) is 3.45. The zero-order chi connectivity index (χ0) is 12.3. The van der Waals surface area contributed by atoms with Crippen LogP contribution in [-0.4, -0.2) is 18.1 Å². The number of hydrogen-bond acceptors (Lipinski definition) is 4. The number of anilines is 1. The molecule has 1 aromatic heterocycles. The summed E-state index contributed by atoms with van der Waals surface area (Å²) in [5.74, 6) is -0.884. The third kappa shape index (κ3) is 2.46. The number of ether oxygens (including phenoxy) is 1. The Kier molecular flexibility index (Phi) is 4.17. The molecule has 0 amide bonds. The van der Waals surface area contributed by atoms with Crippen LogP contribution in [-0.2, 0) is 10.1 Å². The van der Waals surface area contributed by atoms with E-state index in [4.69, 9.17) is 5.73 Å². The van der Waals surface area contributed by atoms with Gasteiger partial charge in [-0.2, -0.15) is 0 Å². The van der Waals surface area contributed by atoms with E-state index in [2.05, 4.69) is 25.7 Å². The Morgan fingerprint density at radius 2 is 2.31 bits per heavy atom. The third-order valence-electron chi connectivity index (χ3n) is 1.92. The van der Waals surface area contributed by atoms with Gasteiger partial charge in [-0.3, -0.25) is 0 Å². The largest absolute Gasteiger partial charge is 0.465 e. The molecular weight excluding hydrogens is 286 g/mol. The highest BCUT2D eigenvalue weighted by Gasteiger charge is 2.22. The van der Waals surface area contributed by atoms with Crippen LogP contribution in [0.25, 0.3) is 0 Å². The molecule has 0 radical (unpaired) electrons. The lowest BCUT2D eigenvalue weighted by atomic mass is 10.1. The molecule has 88 valence electrons. The maximum atomic E-state index is 12.6. The zero-order valence-corrected chi connectivity index (χ0v) is 9.92. The molecule has 16 heavy (non-hydrogen) atoms. The van der Waals surface area contributed by atoms with Gasteiger partial charge in [0.15, 0.2) is 0 Å². The number of carbonyl (C=O) groups is 1. The lowest BCUT2D eigenvalue weighted by Gasteiger charge is -2.09. The number of aromatic nitrogens is 1. The number of nitrogens with two attached hydrogens (primary N) is 1. The van der Waals surface area contributed by atoms with Crippen molar-refractivity contribution >= 4 is 27.7 Å². The third-order valence-corrected chi connectivity index (χ3v) is 2.52. The highest BCUT2D eigenvalue weighted by Crippen LogP contribution is 2.26. The Hall–Kier alpha value is -1.24. The molecule has 0 aliphatic heterocycles. The molecule has 2 N–H and O–H groups in total. The maximum absolute atomic E-state index is 12.6. The SMILES string of the molecule is COC(=O)c1cc(CBr)c(N)nc1C(F)F. The van der Waals surface area contributed by atoms with Crippen LogP contribution in [0.1, 0.15) is 28.0 Å². The molecule has 0 aliphatic carbocycles. The Morgan fingerprint density at radius 3 is 2.75 bits per heavy atom. The van der Waals surface area contributed by atoms with Gasteiger partial charge in [-0.15, -0.1) is 0 Å². The van der Waals surface area contributed by atoms with Crippen LogP contribution in [0.3, 0.4) is 0 Å². The number of methoxy groups -OCH3 is 1. The van der Waals surface area contributed by atoms with Gasteiger partial charge in [0.25, 0.3) is 6.43 Å². The van der Waals surface area contributed by atoms with Crippen molar-refractivity contribution in [3.63, 3.8) is 0 Å². The highest BCUT2D eigenvalue weighted by atomic mass is 79.9. The quantitative estimate of drug-likeness (QED) is 0.686. The molecule has 0 bridgehead atoms. The van der Waals surface area contributed by atoms with Crippen LogP contribution < -0.4 is 5.73 Å². The smallest absolute Gasteiger partial charge is 0.339 e. The van der Waals surface area contributed by atoms with Crippen molar-refractivity contribution in [3.05, 3.63) is 22.9 Å². The van der Waals surface area contributed by atoms with Crippen LogP contribution in [0, 0.1) is 0 Å². The summed E-state index contributed by atoms with van der Waals surface area (Å²) in [5, 5.41) is 0.319. The summed E-state index contributed by atoms with van der Waals surface area (Å²) in [4.78, 5) is 14.8. The molecule has 0 saturated carbocycles. The average molecular weight is 295 g/mol. The molecule has 0 spiro atoms. The molecule has 1 heterocycles. The first-order valence-corrected chi connectivity index (χ1v) is 5.35. The number of rotatable bonds is 3. The zero-order valence-electron chi connectivity index (χ0n) is 8.34. The standard InChI is InChI=1S/C9H9BrF2N2O2/c1-16-9(15)5-2-4(3-10)8(13)14-6(5)7(11)12/h2,7H,3H2,1H3,(H2,13,14). The van der Waals surface area contributed by atoms with Crippen molar-refractivity contribution in [2.75, 3.05) is 12.8 Å².